The van der Waals surface area contributed by atoms with E-state index in [-0.39, 0.29) is 24.4 Å². The van der Waals surface area contributed by atoms with Crippen LogP contribution >= 0.6 is 0 Å². The fourth-order valence-corrected chi connectivity index (χ4v) is 3.07. The Hall–Kier alpha value is -0.660. The molecule has 6 heteroatoms. The number of ether oxygens (including phenoxy) is 6. The topological polar surface area (TPSA) is 55.4 Å². The lowest BCUT2D eigenvalue weighted by molar-refractivity contribution is -0.240. The maximum absolute atomic E-state index is 6.02. The van der Waals surface area contributed by atoms with Crippen LogP contribution in [0.1, 0.15) is 34.6 Å². The maximum Gasteiger partial charge on any atom is 0.190 e. The number of fused-ring (bicyclic) bond motifs is 3. The highest BCUT2D eigenvalue weighted by Crippen LogP contribution is 2.44. The van der Waals surface area contributed by atoms with Crippen molar-refractivity contribution in [3.05, 3.63) is 12.3 Å². The van der Waals surface area contributed by atoms with E-state index in [1.165, 1.54) is 0 Å². The molecule has 21 heavy (non-hydrogen) atoms. The Bertz CT molecular complexity index is 418. The van der Waals surface area contributed by atoms with Crippen LogP contribution in [0.25, 0.3) is 0 Å². The van der Waals surface area contributed by atoms with Crippen LogP contribution in [0.2, 0.25) is 0 Å². The standard InChI is InChI=1S/C15H24O6/c1-6-7-16-8-9-10-11(19-14(2,3)18-10)12-13(17-9)21-15(4,5)20-12/h6-7,9-13H,8H2,1-5H3/b7-6+/t9-,10+,11+,12-,13-/m1/s1. The lowest BCUT2D eigenvalue weighted by Crippen LogP contribution is -2.56. The SMILES string of the molecule is C/C=C/OC[C@H]1O[C@@H]2OC(C)(C)O[C@@H]2[C@H]2OC(C)(C)O[C@H]21. The molecule has 0 radical (unpaired) electrons. The summed E-state index contributed by atoms with van der Waals surface area (Å²) in [4.78, 5) is 0. The van der Waals surface area contributed by atoms with Gasteiger partial charge in [-0.15, -0.1) is 0 Å². The number of allylic oxidation sites excluding steroid dienone is 1. The average Bonchev–Trinajstić information content (AvgIpc) is 2.84. The van der Waals surface area contributed by atoms with E-state index in [0.29, 0.717) is 6.61 Å². The lowest BCUT2D eigenvalue weighted by Gasteiger charge is -2.36. The molecule has 3 heterocycles. The molecule has 3 saturated heterocycles. The van der Waals surface area contributed by atoms with E-state index < -0.39 is 17.9 Å². The molecule has 3 aliphatic rings. The van der Waals surface area contributed by atoms with Crippen molar-refractivity contribution in [2.45, 2.75) is 76.9 Å². The first-order valence-electron chi connectivity index (χ1n) is 7.41. The van der Waals surface area contributed by atoms with Crippen LogP contribution in [-0.4, -0.2) is 48.9 Å². The molecule has 3 rings (SSSR count). The predicted octanol–water partition coefficient (Wildman–Crippen LogP) is 1.93. The quantitative estimate of drug-likeness (QED) is 0.742. The van der Waals surface area contributed by atoms with Gasteiger partial charge in [-0.2, -0.15) is 0 Å². The predicted molar refractivity (Wildman–Crippen MR) is 73.3 cm³/mol. The van der Waals surface area contributed by atoms with Gasteiger partial charge in [-0.25, -0.2) is 0 Å². The third kappa shape index (κ3) is 2.96. The summed E-state index contributed by atoms with van der Waals surface area (Å²) in [7, 11) is 0. The second kappa shape index (κ2) is 5.21. The van der Waals surface area contributed by atoms with Gasteiger partial charge in [0.1, 0.15) is 31.0 Å². The van der Waals surface area contributed by atoms with Gasteiger partial charge in [0.2, 0.25) is 0 Å². The second-order valence-electron chi connectivity index (χ2n) is 6.51. The van der Waals surface area contributed by atoms with Gasteiger partial charge in [0.05, 0.1) is 6.26 Å². The van der Waals surface area contributed by atoms with Crippen LogP contribution in [0, 0.1) is 0 Å². The van der Waals surface area contributed by atoms with Crippen molar-refractivity contribution in [1.29, 1.82) is 0 Å². The minimum Gasteiger partial charge on any atom is -0.499 e. The Balaban J connectivity index is 1.78. The summed E-state index contributed by atoms with van der Waals surface area (Å²) in [6.45, 7) is 9.81. The monoisotopic (exact) mass is 300 g/mol. The fraction of sp³-hybridized carbons (Fsp3) is 0.867. The Morgan fingerprint density at radius 1 is 0.905 bits per heavy atom. The first kappa shape index (κ1) is 15.2. The molecule has 0 aromatic rings. The van der Waals surface area contributed by atoms with Crippen LogP contribution < -0.4 is 0 Å². The maximum atomic E-state index is 6.02. The summed E-state index contributed by atoms with van der Waals surface area (Å²) >= 11 is 0. The molecule has 3 fully saturated rings. The lowest BCUT2D eigenvalue weighted by atomic mass is 9.99. The number of hydrogen-bond acceptors (Lipinski definition) is 6. The Labute approximate surface area is 125 Å². The van der Waals surface area contributed by atoms with Crippen LogP contribution in [0.4, 0.5) is 0 Å². The molecule has 3 aliphatic heterocycles. The second-order valence-corrected chi connectivity index (χ2v) is 6.51. The molecule has 0 bridgehead atoms. The summed E-state index contributed by atoms with van der Waals surface area (Å²) in [5.74, 6) is -1.35. The summed E-state index contributed by atoms with van der Waals surface area (Å²) in [5.41, 5.74) is 0. The van der Waals surface area contributed by atoms with Crippen molar-refractivity contribution in [2.24, 2.45) is 0 Å². The fourth-order valence-electron chi connectivity index (χ4n) is 3.07. The largest absolute Gasteiger partial charge is 0.499 e. The van der Waals surface area contributed by atoms with Crippen molar-refractivity contribution in [3.63, 3.8) is 0 Å². The minimum absolute atomic E-state index is 0.222. The molecule has 0 N–H and O–H groups in total. The van der Waals surface area contributed by atoms with Crippen LogP contribution in [0.3, 0.4) is 0 Å². The van der Waals surface area contributed by atoms with Crippen LogP contribution in [0.15, 0.2) is 12.3 Å². The number of hydrogen-bond donors (Lipinski definition) is 0. The molecule has 0 amide bonds. The minimum atomic E-state index is -0.685. The van der Waals surface area contributed by atoms with Crippen molar-refractivity contribution in [2.75, 3.05) is 6.61 Å². The smallest absolute Gasteiger partial charge is 0.190 e. The van der Waals surface area contributed by atoms with E-state index in [1.54, 1.807) is 6.26 Å². The third-order valence-corrected chi connectivity index (χ3v) is 3.74. The van der Waals surface area contributed by atoms with Gasteiger partial charge in [-0.05, 0) is 34.6 Å². The van der Waals surface area contributed by atoms with Crippen LogP contribution in [0.5, 0.6) is 0 Å². The van der Waals surface area contributed by atoms with Crippen LogP contribution in [-0.2, 0) is 28.4 Å². The first-order valence-corrected chi connectivity index (χ1v) is 7.41. The summed E-state index contributed by atoms with van der Waals surface area (Å²) in [6, 6.07) is 0. The summed E-state index contributed by atoms with van der Waals surface area (Å²) in [6.07, 6.45) is 2.01. The van der Waals surface area contributed by atoms with Gasteiger partial charge in [-0.1, -0.05) is 6.08 Å². The molecule has 0 unspecified atom stereocenters. The van der Waals surface area contributed by atoms with Crippen molar-refractivity contribution in [1.82, 2.24) is 0 Å². The normalized spacial score (nSPS) is 43.8. The molecule has 0 aliphatic carbocycles. The Morgan fingerprint density at radius 2 is 1.52 bits per heavy atom. The molecular formula is C15H24O6. The molecule has 0 spiro atoms. The summed E-state index contributed by atoms with van der Waals surface area (Å²) in [5, 5.41) is 0. The molecule has 6 nitrogen and oxygen atoms in total. The molecule has 120 valence electrons. The molecule has 0 aromatic heterocycles. The molecule has 0 saturated carbocycles. The first-order chi connectivity index (χ1) is 9.81. The van der Waals surface area contributed by atoms with Gasteiger partial charge in [0, 0.05) is 0 Å². The summed E-state index contributed by atoms with van der Waals surface area (Å²) < 4.78 is 35.2. The highest BCUT2D eigenvalue weighted by Gasteiger charge is 2.60. The Kier molecular flexibility index (Phi) is 3.78. The number of rotatable bonds is 3. The van der Waals surface area contributed by atoms with Gasteiger partial charge in [0.25, 0.3) is 0 Å². The third-order valence-electron chi connectivity index (χ3n) is 3.74. The van der Waals surface area contributed by atoms with Gasteiger partial charge < -0.3 is 28.4 Å². The zero-order valence-electron chi connectivity index (χ0n) is 13.2. The van der Waals surface area contributed by atoms with Gasteiger partial charge in [0.15, 0.2) is 17.9 Å². The zero-order valence-corrected chi connectivity index (χ0v) is 13.2. The Morgan fingerprint density at radius 3 is 2.24 bits per heavy atom. The highest BCUT2D eigenvalue weighted by atomic mass is 16.9. The average molecular weight is 300 g/mol. The highest BCUT2D eigenvalue weighted by molar-refractivity contribution is 5.00. The molecular weight excluding hydrogens is 276 g/mol. The van der Waals surface area contributed by atoms with E-state index in [2.05, 4.69) is 0 Å². The van der Waals surface area contributed by atoms with Crippen molar-refractivity contribution in [3.8, 4) is 0 Å². The van der Waals surface area contributed by atoms with E-state index in [0.717, 1.165) is 0 Å². The van der Waals surface area contributed by atoms with Crippen molar-refractivity contribution >= 4 is 0 Å². The zero-order chi connectivity index (χ0) is 15.3. The van der Waals surface area contributed by atoms with E-state index in [4.69, 9.17) is 28.4 Å². The van der Waals surface area contributed by atoms with Gasteiger partial charge in [-0.3, -0.25) is 0 Å². The van der Waals surface area contributed by atoms with Crippen molar-refractivity contribution < 1.29 is 28.4 Å². The molecule has 0 aromatic carbocycles. The van der Waals surface area contributed by atoms with E-state index in [9.17, 15) is 0 Å². The van der Waals surface area contributed by atoms with E-state index >= 15 is 0 Å². The van der Waals surface area contributed by atoms with E-state index in [1.807, 2.05) is 40.7 Å². The van der Waals surface area contributed by atoms with Gasteiger partial charge >= 0.3 is 0 Å². The molecule has 5 atom stereocenters.